The highest BCUT2D eigenvalue weighted by molar-refractivity contribution is 5.94. The highest BCUT2D eigenvalue weighted by Crippen LogP contribution is 2.35. The van der Waals surface area contributed by atoms with E-state index in [0.717, 1.165) is 23.1 Å². The number of fused-ring (bicyclic) bond motifs is 3. The van der Waals surface area contributed by atoms with Crippen molar-refractivity contribution in [3.8, 4) is 11.8 Å². The van der Waals surface area contributed by atoms with Gasteiger partial charge in [-0.15, -0.1) is 10.2 Å². The van der Waals surface area contributed by atoms with Crippen LogP contribution in [0.3, 0.4) is 0 Å². The van der Waals surface area contributed by atoms with Gasteiger partial charge >= 0.3 is 0 Å². The van der Waals surface area contributed by atoms with Crippen LogP contribution in [0.25, 0.3) is 16.7 Å². The van der Waals surface area contributed by atoms with E-state index in [0.29, 0.717) is 12.2 Å². The third-order valence-corrected chi connectivity index (χ3v) is 5.49. The zero-order chi connectivity index (χ0) is 25.5. The lowest BCUT2D eigenvalue weighted by Gasteiger charge is -2.25. The first-order valence-electron chi connectivity index (χ1n) is 10.6. The number of aromatic nitrogens is 4. The molecule has 0 aliphatic carbocycles. The van der Waals surface area contributed by atoms with Crippen molar-refractivity contribution < 1.29 is 27.1 Å². The largest absolute Gasteiger partial charge is 0.378 e. The average molecular weight is 489 g/mol. The van der Waals surface area contributed by atoms with Crippen molar-refractivity contribution in [2.45, 2.75) is 39.2 Å². The summed E-state index contributed by atoms with van der Waals surface area (Å²) in [7, 11) is 0. The fourth-order valence-electron chi connectivity index (χ4n) is 3.54. The number of hydrogen-bond acceptors (Lipinski definition) is 5. The van der Waals surface area contributed by atoms with E-state index in [4.69, 9.17) is 0 Å². The molecule has 0 fully saturated rings. The van der Waals surface area contributed by atoms with Crippen LogP contribution in [-0.4, -0.2) is 43.3 Å². The first kappa shape index (κ1) is 24.3. The van der Waals surface area contributed by atoms with Crippen molar-refractivity contribution in [3.05, 3.63) is 59.2 Å². The Kier molecular flexibility index (Phi) is 6.34. The van der Waals surface area contributed by atoms with Gasteiger partial charge < -0.3 is 10.0 Å². The predicted molar refractivity (Wildman–Crippen MR) is 120 cm³/mol. The Hall–Kier alpha value is -3.78. The summed E-state index contributed by atoms with van der Waals surface area (Å²) in [5.41, 5.74) is -1.28. The Morgan fingerprint density at radius 3 is 2.57 bits per heavy atom. The van der Waals surface area contributed by atoms with Crippen molar-refractivity contribution in [3.63, 3.8) is 0 Å². The second-order valence-electron chi connectivity index (χ2n) is 8.15. The van der Waals surface area contributed by atoms with Gasteiger partial charge in [-0.05, 0) is 50.6 Å². The number of alkyl halides is 2. The topological polar surface area (TPSA) is 66.5 Å². The van der Waals surface area contributed by atoms with Gasteiger partial charge in [0.15, 0.2) is 11.6 Å². The molecule has 35 heavy (non-hydrogen) atoms. The quantitative estimate of drug-likeness (QED) is 0.319. The lowest BCUT2D eigenvalue weighted by Crippen LogP contribution is -2.26. The minimum Gasteiger partial charge on any atom is -0.378 e. The fourth-order valence-corrected chi connectivity index (χ4v) is 3.54. The number of aryl methyl sites for hydroxylation is 1. The highest BCUT2D eigenvalue weighted by Gasteiger charge is 2.25. The minimum atomic E-state index is -2.95. The van der Waals surface area contributed by atoms with Gasteiger partial charge in [0.2, 0.25) is 0 Å². The Morgan fingerprint density at radius 1 is 1.14 bits per heavy atom. The Bertz CT molecular complexity index is 1490. The molecule has 1 N–H and O–H groups in total. The molecule has 0 bridgehead atoms. The van der Waals surface area contributed by atoms with E-state index >= 15 is 4.39 Å². The van der Waals surface area contributed by atoms with Crippen LogP contribution in [0.4, 0.5) is 33.5 Å². The molecule has 2 aromatic heterocycles. The molecule has 0 aliphatic rings. The fraction of sp³-hybridized carbons (Fsp3) is 0.292. The van der Waals surface area contributed by atoms with E-state index in [1.807, 2.05) is 0 Å². The summed E-state index contributed by atoms with van der Waals surface area (Å²) in [4.78, 5) is 5.07. The number of rotatable bonds is 5. The van der Waals surface area contributed by atoms with Crippen molar-refractivity contribution >= 4 is 28.2 Å². The summed E-state index contributed by atoms with van der Waals surface area (Å²) < 4.78 is 72.6. The summed E-state index contributed by atoms with van der Waals surface area (Å²) in [6, 6.07) is 5.48. The molecule has 0 radical (unpaired) electrons. The van der Waals surface area contributed by atoms with Crippen molar-refractivity contribution in [2.75, 3.05) is 11.4 Å². The van der Waals surface area contributed by atoms with E-state index in [1.54, 1.807) is 13.8 Å². The average Bonchev–Trinajstić information content (AvgIpc) is 3.18. The van der Waals surface area contributed by atoms with Gasteiger partial charge in [0.1, 0.15) is 23.1 Å². The van der Waals surface area contributed by atoms with Crippen LogP contribution < -0.4 is 4.90 Å². The van der Waals surface area contributed by atoms with Crippen LogP contribution in [0.1, 0.15) is 31.7 Å². The molecule has 0 aliphatic heterocycles. The lowest BCUT2D eigenvalue weighted by molar-refractivity contribution is 0.118. The normalized spacial score (nSPS) is 13.2. The van der Waals surface area contributed by atoms with E-state index in [2.05, 4.69) is 27.0 Å². The molecule has 0 spiro atoms. The Labute approximate surface area is 197 Å². The van der Waals surface area contributed by atoms with E-state index < -0.39 is 41.4 Å². The number of benzene rings is 2. The monoisotopic (exact) mass is 489 g/mol. The van der Waals surface area contributed by atoms with Gasteiger partial charge in [0, 0.05) is 11.3 Å². The zero-order valence-electron chi connectivity index (χ0n) is 19.0. The van der Waals surface area contributed by atoms with Gasteiger partial charge in [-0.2, -0.15) is 4.98 Å². The van der Waals surface area contributed by atoms with E-state index in [1.165, 1.54) is 23.5 Å². The minimum absolute atomic E-state index is 0.0364. The van der Waals surface area contributed by atoms with Gasteiger partial charge in [-0.25, -0.2) is 22.0 Å². The van der Waals surface area contributed by atoms with Crippen molar-refractivity contribution in [1.82, 2.24) is 19.6 Å². The number of anilines is 2. The molecule has 1 unspecified atom stereocenters. The first-order chi connectivity index (χ1) is 16.5. The molecule has 4 aromatic rings. The summed E-state index contributed by atoms with van der Waals surface area (Å²) in [5, 5.41) is 17.5. The molecular formula is C24H20F5N5O. The van der Waals surface area contributed by atoms with Crippen molar-refractivity contribution in [2.24, 2.45) is 0 Å². The Balaban J connectivity index is 2.00. The van der Waals surface area contributed by atoms with Crippen LogP contribution in [0.15, 0.2) is 30.3 Å². The van der Waals surface area contributed by atoms with Gasteiger partial charge in [-0.3, -0.25) is 4.40 Å². The summed E-state index contributed by atoms with van der Waals surface area (Å²) in [6.07, 6.45) is -2.64. The number of aliphatic hydroxyl groups is 1. The number of nitrogens with zero attached hydrogens (tertiary/aromatic N) is 5. The molecule has 0 saturated heterocycles. The molecule has 6 nitrogen and oxygen atoms in total. The molecule has 2 heterocycles. The molecule has 1 atom stereocenters. The molecule has 182 valence electrons. The second-order valence-corrected chi connectivity index (χ2v) is 8.15. The van der Waals surface area contributed by atoms with E-state index in [9.17, 15) is 22.7 Å². The van der Waals surface area contributed by atoms with Gasteiger partial charge in [0.25, 0.3) is 12.2 Å². The summed E-state index contributed by atoms with van der Waals surface area (Å²) >= 11 is 0. The summed E-state index contributed by atoms with van der Waals surface area (Å²) in [6.45, 7) is 3.75. The molecule has 4 rings (SSSR count). The standard InChI is InChI=1S/C24H20F5N5O/c1-4-24(3,35)8-7-14-9-15(25)11-16(10-14)33(12-19(27)28)22-20-18(6-5-17(26)21(20)29)34-13(2)31-32-23(34)30-22/h5-6,9-11,19,35H,4,12H2,1-3H3. The van der Waals surface area contributed by atoms with Crippen LogP contribution in [-0.2, 0) is 0 Å². The van der Waals surface area contributed by atoms with Crippen molar-refractivity contribution in [1.29, 1.82) is 0 Å². The predicted octanol–water partition coefficient (Wildman–Crippen LogP) is 4.92. The molecular weight excluding hydrogens is 469 g/mol. The SMILES string of the molecule is CCC(C)(O)C#Cc1cc(F)cc(N(CC(F)F)c2nc3nnc(C)n3c3ccc(F)c(F)c23)c1. The maximum absolute atomic E-state index is 15.1. The van der Waals surface area contributed by atoms with Gasteiger partial charge in [0.05, 0.1) is 17.4 Å². The molecule has 0 amide bonds. The third kappa shape index (κ3) is 4.74. The third-order valence-electron chi connectivity index (χ3n) is 5.49. The van der Waals surface area contributed by atoms with Crippen LogP contribution in [0.5, 0.6) is 0 Å². The lowest BCUT2D eigenvalue weighted by atomic mass is 10.0. The highest BCUT2D eigenvalue weighted by atomic mass is 19.3. The zero-order valence-corrected chi connectivity index (χ0v) is 19.0. The molecule has 0 saturated carbocycles. The second kappa shape index (κ2) is 9.11. The van der Waals surface area contributed by atoms with E-state index in [-0.39, 0.29) is 28.4 Å². The first-order valence-corrected chi connectivity index (χ1v) is 10.6. The van der Waals surface area contributed by atoms with Crippen LogP contribution in [0.2, 0.25) is 0 Å². The smallest absolute Gasteiger partial charge is 0.257 e. The van der Waals surface area contributed by atoms with Gasteiger partial charge in [-0.1, -0.05) is 18.8 Å². The number of hydrogen-bond donors (Lipinski definition) is 1. The van der Waals surface area contributed by atoms with Crippen LogP contribution in [0, 0.1) is 36.2 Å². The number of halogens is 5. The van der Waals surface area contributed by atoms with Crippen LogP contribution >= 0.6 is 0 Å². The maximum Gasteiger partial charge on any atom is 0.257 e. The molecule has 2 aromatic carbocycles. The maximum atomic E-state index is 15.1. The Morgan fingerprint density at radius 2 is 1.89 bits per heavy atom. The molecule has 11 heteroatoms. The summed E-state index contributed by atoms with van der Waals surface area (Å²) in [5.74, 6) is 1.80.